The van der Waals surface area contributed by atoms with Crippen LogP contribution in [0.2, 0.25) is 0 Å². The Morgan fingerprint density at radius 1 is 1.48 bits per heavy atom. The molecule has 0 aliphatic carbocycles. The lowest BCUT2D eigenvalue weighted by Gasteiger charge is -2.30. The van der Waals surface area contributed by atoms with E-state index in [1.54, 1.807) is 0 Å². The molecule has 1 fully saturated rings. The number of carbonyl (C=O) groups is 2. The van der Waals surface area contributed by atoms with Gasteiger partial charge in [-0.1, -0.05) is 0 Å². The van der Waals surface area contributed by atoms with Gasteiger partial charge in [-0.25, -0.2) is 13.2 Å². The van der Waals surface area contributed by atoms with Gasteiger partial charge in [-0.15, -0.1) is 11.3 Å². The van der Waals surface area contributed by atoms with Crippen LogP contribution in [0.1, 0.15) is 22.5 Å². The maximum Gasteiger partial charge on any atom is 0.345 e. The fourth-order valence-electron chi connectivity index (χ4n) is 2.24. The molecule has 1 aromatic rings. The lowest BCUT2D eigenvalue weighted by Crippen LogP contribution is -2.42. The van der Waals surface area contributed by atoms with Gasteiger partial charge in [0.15, 0.2) is 0 Å². The monoisotopic (exact) mass is 333 g/mol. The molecule has 7 nitrogen and oxygen atoms in total. The summed E-state index contributed by atoms with van der Waals surface area (Å²) in [5.41, 5.74) is 0. The molecule has 1 unspecified atom stereocenters. The van der Waals surface area contributed by atoms with Gasteiger partial charge in [0.05, 0.1) is 17.9 Å². The second kappa shape index (κ2) is 6.12. The van der Waals surface area contributed by atoms with Crippen molar-refractivity contribution in [2.75, 3.05) is 20.2 Å². The number of sulfonamides is 1. The zero-order valence-corrected chi connectivity index (χ0v) is 12.9. The van der Waals surface area contributed by atoms with Crippen LogP contribution in [0.5, 0.6) is 0 Å². The van der Waals surface area contributed by atoms with Crippen LogP contribution in [-0.2, 0) is 19.6 Å². The number of carboxylic acids is 1. The number of carboxylic acid groups (broad SMARTS) is 1. The summed E-state index contributed by atoms with van der Waals surface area (Å²) in [6.45, 7) is 0.376. The normalized spacial score (nSPS) is 20.1. The van der Waals surface area contributed by atoms with E-state index in [1.807, 2.05) is 0 Å². The van der Waals surface area contributed by atoms with E-state index in [4.69, 9.17) is 5.11 Å². The van der Waals surface area contributed by atoms with Crippen LogP contribution >= 0.6 is 11.3 Å². The van der Waals surface area contributed by atoms with Gasteiger partial charge in [0.25, 0.3) is 0 Å². The summed E-state index contributed by atoms with van der Waals surface area (Å²) in [4.78, 5) is 22.3. The maximum absolute atomic E-state index is 12.5. The van der Waals surface area contributed by atoms with E-state index in [2.05, 4.69) is 4.74 Å². The van der Waals surface area contributed by atoms with E-state index in [1.165, 1.54) is 16.8 Å². The summed E-state index contributed by atoms with van der Waals surface area (Å²) in [5.74, 6) is -2.06. The predicted molar refractivity (Wildman–Crippen MR) is 74.8 cm³/mol. The molecule has 0 saturated carbocycles. The standard InChI is InChI=1S/C12H15NO6S2/c1-19-12(16)8-3-2-4-13(6-8)21(17,18)9-5-10(11(14)15)20-7-9/h5,7-8H,2-4,6H2,1H3,(H,14,15). The fourth-order valence-corrected chi connectivity index (χ4v) is 4.86. The molecule has 1 aromatic heterocycles. The zero-order valence-electron chi connectivity index (χ0n) is 11.3. The molecule has 0 bridgehead atoms. The van der Waals surface area contributed by atoms with E-state index >= 15 is 0 Å². The predicted octanol–water partition coefficient (Wildman–Crippen LogP) is 1.02. The second-order valence-corrected chi connectivity index (χ2v) is 7.53. The minimum atomic E-state index is -3.78. The van der Waals surface area contributed by atoms with Crippen molar-refractivity contribution in [3.8, 4) is 0 Å². The van der Waals surface area contributed by atoms with Crippen molar-refractivity contribution in [1.29, 1.82) is 0 Å². The van der Waals surface area contributed by atoms with Crippen LogP contribution < -0.4 is 0 Å². The van der Waals surface area contributed by atoms with Gasteiger partial charge in [-0.3, -0.25) is 4.79 Å². The number of aromatic carboxylic acids is 1. The van der Waals surface area contributed by atoms with Crippen molar-refractivity contribution in [3.63, 3.8) is 0 Å². The third-order valence-electron chi connectivity index (χ3n) is 3.34. The van der Waals surface area contributed by atoms with Crippen molar-refractivity contribution in [1.82, 2.24) is 4.31 Å². The van der Waals surface area contributed by atoms with Gasteiger partial charge in [-0.2, -0.15) is 4.31 Å². The highest BCUT2D eigenvalue weighted by Gasteiger charge is 2.34. The van der Waals surface area contributed by atoms with Crippen LogP contribution in [0.3, 0.4) is 0 Å². The molecule has 0 amide bonds. The highest BCUT2D eigenvalue weighted by Crippen LogP contribution is 2.27. The molecule has 1 aliphatic heterocycles. The number of ether oxygens (including phenoxy) is 1. The molecule has 9 heteroatoms. The van der Waals surface area contributed by atoms with Gasteiger partial charge in [0.1, 0.15) is 4.88 Å². The largest absolute Gasteiger partial charge is 0.477 e. The molecule has 1 aliphatic rings. The van der Waals surface area contributed by atoms with E-state index < -0.39 is 27.9 Å². The van der Waals surface area contributed by atoms with E-state index in [-0.39, 0.29) is 16.3 Å². The molecule has 116 valence electrons. The summed E-state index contributed by atoms with van der Waals surface area (Å²) in [6.07, 6.45) is 1.15. The Labute approximate surface area is 126 Å². The Hall–Kier alpha value is -1.45. The van der Waals surface area contributed by atoms with Crippen LogP contribution in [0.4, 0.5) is 0 Å². The number of esters is 1. The van der Waals surface area contributed by atoms with Gasteiger partial charge >= 0.3 is 11.9 Å². The van der Waals surface area contributed by atoms with Gasteiger partial charge in [-0.05, 0) is 18.9 Å². The smallest absolute Gasteiger partial charge is 0.345 e. The van der Waals surface area contributed by atoms with Gasteiger partial charge < -0.3 is 9.84 Å². The third kappa shape index (κ3) is 3.25. The lowest BCUT2D eigenvalue weighted by molar-refractivity contribution is -0.146. The lowest BCUT2D eigenvalue weighted by atomic mass is 10.0. The molecular weight excluding hydrogens is 318 g/mol. The minimum Gasteiger partial charge on any atom is -0.477 e. The van der Waals surface area contributed by atoms with Gasteiger partial charge in [0.2, 0.25) is 10.0 Å². The molecule has 1 saturated heterocycles. The molecule has 1 atom stereocenters. The first kappa shape index (κ1) is 15.9. The molecule has 21 heavy (non-hydrogen) atoms. The molecule has 0 aromatic carbocycles. The van der Waals surface area contributed by atoms with Crippen molar-refractivity contribution in [3.05, 3.63) is 16.3 Å². The maximum atomic E-state index is 12.5. The number of carbonyl (C=O) groups excluding carboxylic acids is 1. The first-order chi connectivity index (χ1) is 9.86. The van der Waals surface area contributed by atoms with Crippen LogP contribution in [-0.4, -0.2) is 50.0 Å². The second-order valence-electron chi connectivity index (χ2n) is 4.68. The average molecular weight is 333 g/mol. The highest BCUT2D eigenvalue weighted by molar-refractivity contribution is 7.89. The molecule has 2 rings (SSSR count). The quantitative estimate of drug-likeness (QED) is 0.826. The summed E-state index contributed by atoms with van der Waals surface area (Å²) >= 11 is 0.863. The number of thiophene rings is 1. The van der Waals surface area contributed by atoms with Crippen LogP contribution in [0.25, 0.3) is 0 Å². The Kier molecular flexibility index (Phi) is 4.64. The SMILES string of the molecule is COC(=O)C1CCCN(S(=O)(=O)c2csc(C(=O)O)c2)C1. The van der Waals surface area contributed by atoms with Crippen LogP contribution in [0, 0.1) is 5.92 Å². The van der Waals surface area contributed by atoms with Crippen molar-refractivity contribution in [2.45, 2.75) is 17.7 Å². The summed E-state index contributed by atoms with van der Waals surface area (Å²) in [7, 11) is -2.51. The van der Waals surface area contributed by atoms with E-state index in [0.29, 0.717) is 19.4 Å². The molecule has 2 heterocycles. The van der Waals surface area contributed by atoms with Crippen molar-refractivity contribution < 1.29 is 27.9 Å². The highest BCUT2D eigenvalue weighted by atomic mass is 32.2. The first-order valence-electron chi connectivity index (χ1n) is 6.26. The third-order valence-corrected chi connectivity index (χ3v) is 6.25. The number of nitrogens with zero attached hydrogens (tertiary/aromatic N) is 1. The Morgan fingerprint density at radius 2 is 2.19 bits per heavy atom. The number of hydrogen-bond donors (Lipinski definition) is 1. The van der Waals surface area contributed by atoms with Crippen molar-refractivity contribution >= 4 is 33.3 Å². The van der Waals surface area contributed by atoms with E-state index in [0.717, 1.165) is 17.4 Å². The first-order valence-corrected chi connectivity index (χ1v) is 8.58. The zero-order chi connectivity index (χ0) is 15.6. The number of hydrogen-bond acceptors (Lipinski definition) is 6. The molecule has 0 radical (unpaired) electrons. The molecule has 1 N–H and O–H groups in total. The number of methoxy groups -OCH3 is 1. The Balaban J connectivity index is 2.22. The topological polar surface area (TPSA) is 101 Å². The van der Waals surface area contributed by atoms with Crippen LogP contribution in [0.15, 0.2) is 16.3 Å². The summed E-state index contributed by atoms with van der Waals surface area (Å²) in [6, 6.07) is 1.14. The molecule has 0 spiro atoms. The Morgan fingerprint density at radius 3 is 2.76 bits per heavy atom. The van der Waals surface area contributed by atoms with Gasteiger partial charge in [0, 0.05) is 18.5 Å². The van der Waals surface area contributed by atoms with Crippen molar-refractivity contribution in [2.24, 2.45) is 5.92 Å². The fraction of sp³-hybridized carbons (Fsp3) is 0.500. The number of piperidine rings is 1. The van der Waals surface area contributed by atoms with E-state index in [9.17, 15) is 18.0 Å². The summed E-state index contributed by atoms with van der Waals surface area (Å²) < 4.78 is 30.8. The number of rotatable bonds is 4. The molecular formula is C12H15NO6S2. The summed E-state index contributed by atoms with van der Waals surface area (Å²) in [5, 5.41) is 10.2. The Bertz CT molecular complexity index is 650. The average Bonchev–Trinajstić information content (AvgIpc) is 2.97. The minimum absolute atomic E-state index is 0.0323.